The van der Waals surface area contributed by atoms with Crippen LogP contribution in [0.1, 0.15) is 13.8 Å². The summed E-state index contributed by atoms with van der Waals surface area (Å²) in [5.41, 5.74) is 5.51. The lowest BCUT2D eigenvalue weighted by Gasteiger charge is -2.00. The summed E-state index contributed by atoms with van der Waals surface area (Å²) in [5.74, 6) is -1.06. The minimum atomic E-state index is -3.48. The molecule has 0 spiro atoms. The summed E-state index contributed by atoms with van der Waals surface area (Å²) in [6, 6.07) is 0. The van der Waals surface area contributed by atoms with Gasteiger partial charge < -0.3 is 5.73 Å². The van der Waals surface area contributed by atoms with E-state index in [1.54, 1.807) is 6.92 Å². The lowest BCUT2D eigenvalue weighted by Crippen LogP contribution is -2.29. The zero-order chi connectivity index (χ0) is 10.5. The molecule has 0 saturated heterocycles. The van der Waals surface area contributed by atoms with Crippen LogP contribution in [0, 0.1) is 0 Å². The Morgan fingerprint density at radius 3 is 2.46 bits per heavy atom. The second-order valence-electron chi connectivity index (χ2n) is 2.61. The SMILES string of the molecule is CCNS(=O)(=O)CC(=O)C=C(C)N. The molecule has 76 valence electrons. The molecule has 3 N–H and O–H groups in total. The number of sulfonamides is 1. The molecule has 0 bridgehead atoms. The van der Waals surface area contributed by atoms with Crippen LogP contribution >= 0.6 is 0 Å². The largest absolute Gasteiger partial charge is 0.402 e. The Morgan fingerprint density at radius 1 is 1.54 bits per heavy atom. The summed E-state index contributed by atoms with van der Waals surface area (Å²) in [7, 11) is -3.48. The number of hydrogen-bond donors (Lipinski definition) is 2. The van der Waals surface area contributed by atoms with Crippen molar-refractivity contribution in [1.82, 2.24) is 4.72 Å². The molecule has 0 aromatic heterocycles. The van der Waals surface area contributed by atoms with Gasteiger partial charge in [-0.3, -0.25) is 4.79 Å². The summed E-state index contributed by atoms with van der Waals surface area (Å²) in [6.45, 7) is 3.45. The van der Waals surface area contributed by atoms with Crippen LogP contribution in [0.25, 0.3) is 0 Å². The molecule has 0 heterocycles. The molecular weight excluding hydrogens is 192 g/mol. The number of rotatable bonds is 5. The second kappa shape index (κ2) is 4.98. The summed E-state index contributed by atoms with van der Waals surface area (Å²) in [6.07, 6.45) is 1.11. The first kappa shape index (κ1) is 12.1. The van der Waals surface area contributed by atoms with Crippen molar-refractivity contribution in [3.63, 3.8) is 0 Å². The maximum atomic E-state index is 11.0. The van der Waals surface area contributed by atoms with Crippen molar-refractivity contribution >= 4 is 15.8 Å². The van der Waals surface area contributed by atoms with E-state index in [-0.39, 0.29) is 6.54 Å². The van der Waals surface area contributed by atoms with Gasteiger partial charge in [0.05, 0.1) is 0 Å². The van der Waals surface area contributed by atoms with Gasteiger partial charge in [0.15, 0.2) is 5.78 Å². The molecule has 13 heavy (non-hydrogen) atoms. The van der Waals surface area contributed by atoms with Crippen molar-refractivity contribution in [3.05, 3.63) is 11.8 Å². The van der Waals surface area contributed by atoms with E-state index in [1.165, 1.54) is 6.92 Å². The van der Waals surface area contributed by atoms with Gasteiger partial charge in [-0.05, 0) is 6.92 Å². The molecule has 0 aromatic carbocycles. The van der Waals surface area contributed by atoms with Gasteiger partial charge in [0.1, 0.15) is 5.75 Å². The first-order valence-electron chi connectivity index (χ1n) is 3.81. The van der Waals surface area contributed by atoms with Crippen LogP contribution in [0.4, 0.5) is 0 Å². The quantitative estimate of drug-likeness (QED) is 0.585. The Labute approximate surface area is 78.1 Å². The average Bonchev–Trinajstić information content (AvgIpc) is 1.81. The van der Waals surface area contributed by atoms with Crippen LogP contribution in [0.3, 0.4) is 0 Å². The summed E-state index contributed by atoms with van der Waals surface area (Å²) in [5, 5.41) is 0. The van der Waals surface area contributed by atoms with Gasteiger partial charge in [0.2, 0.25) is 10.0 Å². The number of ketones is 1. The van der Waals surface area contributed by atoms with Gasteiger partial charge in [-0.25, -0.2) is 13.1 Å². The monoisotopic (exact) mass is 206 g/mol. The van der Waals surface area contributed by atoms with Crippen molar-refractivity contribution in [2.45, 2.75) is 13.8 Å². The number of allylic oxidation sites excluding steroid dienone is 2. The molecule has 0 rings (SSSR count). The normalized spacial score (nSPS) is 12.9. The van der Waals surface area contributed by atoms with E-state index in [1.807, 2.05) is 0 Å². The maximum absolute atomic E-state index is 11.0. The van der Waals surface area contributed by atoms with E-state index in [2.05, 4.69) is 4.72 Å². The van der Waals surface area contributed by atoms with Crippen LogP contribution in [-0.2, 0) is 14.8 Å². The van der Waals surface area contributed by atoms with E-state index >= 15 is 0 Å². The highest BCUT2D eigenvalue weighted by Crippen LogP contribution is 1.89. The Hall–Kier alpha value is -0.880. The Kier molecular flexibility index (Phi) is 4.64. The van der Waals surface area contributed by atoms with Gasteiger partial charge in [-0.2, -0.15) is 0 Å². The van der Waals surface area contributed by atoms with E-state index in [0.717, 1.165) is 6.08 Å². The fraction of sp³-hybridized carbons (Fsp3) is 0.571. The number of nitrogens with one attached hydrogen (secondary N) is 1. The molecule has 0 amide bonds. The first-order chi connectivity index (χ1) is 5.87. The van der Waals surface area contributed by atoms with Gasteiger partial charge in [-0.15, -0.1) is 0 Å². The Balaban J connectivity index is 4.30. The number of carbonyl (C=O) groups excluding carboxylic acids is 1. The van der Waals surface area contributed by atoms with E-state index in [9.17, 15) is 13.2 Å². The minimum Gasteiger partial charge on any atom is -0.402 e. The summed E-state index contributed by atoms with van der Waals surface area (Å²) >= 11 is 0. The predicted octanol–water partition coefficient (Wildman–Crippen LogP) is -0.643. The van der Waals surface area contributed by atoms with E-state index in [0.29, 0.717) is 5.70 Å². The van der Waals surface area contributed by atoms with Crippen LogP contribution in [0.2, 0.25) is 0 Å². The average molecular weight is 206 g/mol. The molecule has 0 fully saturated rings. The number of nitrogens with two attached hydrogens (primary N) is 1. The number of hydrogen-bond acceptors (Lipinski definition) is 4. The van der Waals surface area contributed by atoms with Crippen molar-refractivity contribution in [3.8, 4) is 0 Å². The number of carbonyl (C=O) groups is 1. The molecule has 0 aliphatic carbocycles. The highest BCUT2D eigenvalue weighted by Gasteiger charge is 2.12. The lowest BCUT2D eigenvalue weighted by atomic mass is 10.3. The standard InChI is InChI=1S/C7H14N2O3S/c1-3-9-13(11,12)5-7(10)4-6(2)8/h4,9H,3,5,8H2,1-2H3. The fourth-order valence-electron chi connectivity index (χ4n) is 0.754. The topological polar surface area (TPSA) is 89.3 Å². The molecule has 0 aromatic rings. The third kappa shape index (κ3) is 6.30. The highest BCUT2D eigenvalue weighted by atomic mass is 32.2. The predicted molar refractivity (Wildman–Crippen MR) is 50.4 cm³/mol. The maximum Gasteiger partial charge on any atom is 0.219 e. The third-order valence-electron chi connectivity index (χ3n) is 1.09. The Bertz CT molecular complexity index is 302. The smallest absolute Gasteiger partial charge is 0.219 e. The summed E-state index contributed by atoms with van der Waals surface area (Å²) in [4.78, 5) is 11.0. The van der Waals surface area contributed by atoms with Crippen LogP contribution in [0.15, 0.2) is 11.8 Å². The van der Waals surface area contributed by atoms with Crippen molar-refractivity contribution in [2.75, 3.05) is 12.3 Å². The molecule has 0 atom stereocenters. The molecule has 0 unspecified atom stereocenters. The molecule has 0 radical (unpaired) electrons. The fourth-order valence-corrected chi connectivity index (χ4v) is 1.75. The van der Waals surface area contributed by atoms with Crippen molar-refractivity contribution < 1.29 is 13.2 Å². The van der Waals surface area contributed by atoms with E-state index in [4.69, 9.17) is 5.73 Å². The molecular formula is C7H14N2O3S. The molecule has 6 heteroatoms. The molecule has 0 saturated carbocycles. The first-order valence-corrected chi connectivity index (χ1v) is 5.46. The highest BCUT2D eigenvalue weighted by molar-refractivity contribution is 7.90. The van der Waals surface area contributed by atoms with E-state index < -0.39 is 21.6 Å². The van der Waals surface area contributed by atoms with Crippen molar-refractivity contribution in [1.29, 1.82) is 0 Å². The van der Waals surface area contributed by atoms with Crippen LogP contribution < -0.4 is 10.5 Å². The van der Waals surface area contributed by atoms with Crippen LogP contribution in [-0.4, -0.2) is 26.5 Å². The zero-order valence-corrected chi connectivity index (χ0v) is 8.52. The lowest BCUT2D eigenvalue weighted by molar-refractivity contribution is -0.112. The van der Waals surface area contributed by atoms with Gasteiger partial charge in [0.25, 0.3) is 0 Å². The van der Waals surface area contributed by atoms with Gasteiger partial charge in [-0.1, -0.05) is 6.92 Å². The second-order valence-corrected chi connectivity index (χ2v) is 4.42. The molecule has 0 aliphatic heterocycles. The third-order valence-corrected chi connectivity index (χ3v) is 2.48. The van der Waals surface area contributed by atoms with Gasteiger partial charge in [0, 0.05) is 18.3 Å². The molecule has 5 nitrogen and oxygen atoms in total. The zero-order valence-electron chi connectivity index (χ0n) is 7.70. The molecule has 0 aliphatic rings. The summed E-state index contributed by atoms with van der Waals surface area (Å²) < 4.78 is 24.2. The van der Waals surface area contributed by atoms with Crippen LogP contribution in [0.5, 0.6) is 0 Å². The minimum absolute atomic E-state index is 0.279. The van der Waals surface area contributed by atoms with Gasteiger partial charge >= 0.3 is 0 Å². The van der Waals surface area contributed by atoms with Crippen molar-refractivity contribution in [2.24, 2.45) is 5.73 Å². The Morgan fingerprint density at radius 2 is 2.08 bits per heavy atom.